The number of morpholine rings is 1. The largest absolute Gasteiger partial charge is 0.379 e. The van der Waals surface area contributed by atoms with Crippen molar-refractivity contribution in [2.24, 2.45) is 0 Å². The van der Waals surface area contributed by atoms with Gasteiger partial charge in [0.1, 0.15) is 5.37 Å². The van der Waals surface area contributed by atoms with Gasteiger partial charge in [0, 0.05) is 31.2 Å². The molecular formula is C16H21ClN2O2S. The fourth-order valence-electron chi connectivity index (χ4n) is 2.92. The molecule has 0 aliphatic carbocycles. The van der Waals surface area contributed by atoms with Crippen LogP contribution in [-0.2, 0) is 9.53 Å². The molecule has 0 N–H and O–H groups in total. The molecule has 1 atom stereocenters. The second-order valence-corrected chi connectivity index (χ2v) is 7.12. The van der Waals surface area contributed by atoms with Crippen molar-refractivity contribution in [2.45, 2.75) is 11.8 Å². The van der Waals surface area contributed by atoms with E-state index in [4.69, 9.17) is 16.3 Å². The van der Waals surface area contributed by atoms with E-state index < -0.39 is 0 Å². The Labute approximate surface area is 140 Å². The molecule has 4 nitrogen and oxygen atoms in total. The van der Waals surface area contributed by atoms with Gasteiger partial charge >= 0.3 is 0 Å². The maximum Gasteiger partial charge on any atom is 0.233 e. The maximum absolute atomic E-state index is 12.2. The molecule has 120 valence electrons. The molecule has 0 radical (unpaired) electrons. The van der Waals surface area contributed by atoms with Crippen molar-refractivity contribution in [3.63, 3.8) is 0 Å². The molecular weight excluding hydrogens is 320 g/mol. The molecule has 3 rings (SSSR count). The van der Waals surface area contributed by atoms with Crippen molar-refractivity contribution in [3.05, 3.63) is 34.9 Å². The van der Waals surface area contributed by atoms with Crippen LogP contribution in [0.4, 0.5) is 0 Å². The van der Waals surface area contributed by atoms with Crippen LogP contribution in [0.5, 0.6) is 0 Å². The summed E-state index contributed by atoms with van der Waals surface area (Å²) >= 11 is 7.77. The van der Waals surface area contributed by atoms with E-state index in [1.807, 2.05) is 23.1 Å². The normalized spacial score (nSPS) is 23.2. The number of hydrogen-bond acceptors (Lipinski definition) is 4. The standard InChI is InChI=1S/C16H21ClN2O2S/c17-14-4-1-3-13(11-14)16-19(15(20)12-22-16)6-2-5-18-7-9-21-10-8-18/h1,3-4,11,16H,2,5-10,12H2. The van der Waals surface area contributed by atoms with E-state index in [1.165, 1.54) is 0 Å². The zero-order chi connectivity index (χ0) is 15.4. The van der Waals surface area contributed by atoms with Gasteiger partial charge in [0.15, 0.2) is 0 Å². The highest BCUT2D eigenvalue weighted by molar-refractivity contribution is 8.00. The summed E-state index contributed by atoms with van der Waals surface area (Å²) in [7, 11) is 0. The summed E-state index contributed by atoms with van der Waals surface area (Å²) in [5, 5.41) is 0.835. The number of amides is 1. The van der Waals surface area contributed by atoms with E-state index >= 15 is 0 Å². The second-order valence-electron chi connectivity index (χ2n) is 5.61. The summed E-state index contributed by atoms with van der Waals surface area (Å²) in [5.74, 6) is 0.798. The minimum Gasteiger partial charge on any atom is -0.379 e. The summed E-state index contributed by atoms with van der Waals surface area (Å²) < 4.78 is 5.36. The zero-order valence-corrected chi connectivity index (χ0v) is 14.1. The highest BCUT2D eigenvalue weighted by Gasteiger charge is 2.32. The Hall–Kier alpha value is -0.750. The highest BCUT2D eigenvalue weighted by Crippen LogP contribution is 2.39. The third-order valence-corrected chi connectivity index (χ3v) is 5.57. The Morgan fingerprint density at radius 2 is 2.09 bits per heavy atom. The second kappa shape index (κ2) is 7.68. The summed E-state index contributed by atoms with van der Waals surface area (Å²) in [4.78, 5) is 16.6. The predicted octanol–water partition coefficient (Wildman–Crippen LogP) is 2.64. The first-order valence-corrected chi connectivity index (χ1v) is 9.13. The molecule has 2 heterocycles. The quantitative estimate of drug-likeness (QED) is 0.825. The van der Waals surface area contributed by atoms with Crippen LogP contribution in [0.25, 0.3) is 0 Å². The minimum atomic E-state index is 0.107. The lowest BCUT2D eigenvalue weighted by atomic mass is 10.2. The fourth-order valence-corrected chi connectivity index (χ4v) is 4.33. The first kappa shape index (κ1) is 16.1. The third kappa shape index (κ3) is 3.96. The van der Waals surface area contributed by atoms with Gasteiger partial charge in [-0.2, -0.15) is 0 Å². The molecule has 22 heavy (non-hydrogen) atoms. The number of nitrogens with zero attached hydrogens (tertiary/aromatic N) is 2. The lowest BCUT2D eigenvalue weighted by Crippen LogP contribution is -2.38. The number of hydrogen-bond donors (Lipinski definition) is 0. The Balaban J connectivity index is 1.56. The van der Waals surface area contributed by atoms with Gasteiger partial charge in [-0.15, -0.1) is 11.8 Å². The van der Waals surface area contributed by atoms with Crippen LogP contribution >= 0.6 is 23.4 Å². The van der Waals surface area contributed by atoms with Crippen LogP contribution in [0.1, 0.15) is 17.4 Å². The van der Waals surface area contributed by atoms with Crippen LogP contribution in [0.2, 0.25) is 5.02 Å². The monoisotopic (exact) mass is 340 g/mol. The Morgan fingerprint density at radius 1 is 1.27 bits per heavy atom. The number of thioether (sulfide) groups is 1. The van der Waals surface area contributed by atoms with Crippen molar-refractivity contribution < 1.29 is 9.53 Å². The molecule has 1 unspecified atom stereocenters. The lowest BCUT2D eigenvalue weighted by Gasteiger charge is -2.29. The van der Waals surface area contributed by atoms with Gasteiger partial charge in [-0.05, 0) is 24.1 Å². The maximum atomic E-state index is 12.2. The number of halogens is 1. The van der Waals surface area contributed by atoms with E-state index in [-0.39, 0.29) is 11.3 Å². The van der Waals surface area contributed by atoms with Crippen molar-refractivity contribution in [2.75, 3.05) is 45.1 Å². The molecule has 0 saturated carbocycles. The van der Waals surface area contributed by atoms with Crippen LogP contribution in [0.3, 0.4) is 0 Å². The van der Waals surface area contributed by atoms with Crippen molar-refractivity contribution >= 4 is 29.3 Å². The summed E-state index contributed by atoms with van der Waals surface area (Å²) in [5.41, 5.74) is 1.12. The van der Waals surface area contributed by atoms with Crippen LogP contribution < -0.4 is 0 Å². The van der Waals surface area contributed by atoms with Crippen molar-refractivity contribution in [1.82, 2.24) is 9.80 Å². The molecule has 2 aliphatic heterocycles. The summed E-state index contributed by atoms with van der Waals surface area (Å²) in [6.07, 6.45) is 1.00. The Morgan fingerprint density at radius 3 is 2.86 bits per heavy atom. The third-order valence-electron chi connectivity index (χ3n) is 4.08. The van der Waals surface area contributed by atoms with E-state index in [0.29, 0.717) is 5.75 Å². The van der Waals surface area contributed by atoms with Gasteiger partial charge < -0.3 is 9.64 Å². The van der Waals surface area contributed by atoms with Gasteiger partial charge in [0.2, 0.25) is 5.91 Å². The number of benzene rings is 1. The number of ether oxygens (including phenoxy) is 1. The molecule has 1 amide bonds. The van der Waals surface area contributed by atoms with E-state index in [0.717, 1.165) is 56.4 Å². The summed E-state index contributed by atoms with van der Waals surface area (Å²) in [6, 6.07) is 7.84. The van der Waals surface area contributed by atoms with Gasteiger partial charge in [-0.1, -0.05) is 23.7 Å². The molecule has 0 aromatic heterocycles. The molecule has 1 aromatic rings. The first-order chi connectivity index (χ1) is 10.7. The molecule has 2 saturated heterocycles. The molecule has 0 bridgehead atoms. The number of carbonyl (C=O) groups excluding carboxylic acids is 1. The Bertz CT molecular complexity index is 523. The highest BCUT2D eigenvalue weighted by atomic mass is 35.5. The minimum absolute atomic E-state index is 0.107. The average molecular weight is 341 g/mol. The van der Waals surface area contributed by atoms with Gasteiger partial charge in [0.25, 0.3) is 0 Å². The van der Waals surface area contributed by atoms with Crippen LogP contribution in [0.15, 0.2) is 24.3 Å². The molecule has 1 aromatic carbocycles. The van der Waals surface area contributed by atoms with E-state index in [2.05, 4.69) is 11.0 Å². The van der Waals surface area contributed by atoms with E-state index in [1.54, 1.807) is 11.8 Å². The summed E-state index contributed by atoms with van der Waals surface area (Å²) in [6.45, 7) is 5.48. The van der Waals surface area contributed by atoms with Crippen LogP contribution in [0, 0.1) is 0 Å². The van der Waals surface area contributed by atoms with Crippen molar-refractivity contribution in [1.29, 1.82) is 0 Å². The predicted molar refractivity (Wildman–Crippen MR) is 90.2 cm³/mol. The first-order valence-electron chi connectivity index (χ1n) is 7.71. The molecule has 2 fully saturated rings. The molecule has 0 spiro atoms. The average Bonchev–Trinajstić information content (AvgIpc) is 2.90. The van der Waals surface area contributed by atoms with Crippen LogP contribution in [-0.4, -0.2) is 60.9 Å². The molecule has 6 heteroatoms. The SMILES string of the molecule is O=C1CSC(c2cccc(Cl)c2)N1CCCN1CCOCC1. The molecule has 2 aliphatic rings. The van der Waals surface area contributed by atoms with Gasteiger partial charge in [-0.25, -0.2) is 0 Å². The lowest BCUT2D eigenvalue weighted by molar-refractivity contribution is -0.128. The van der Waals surface area contributed by atoms with E-state index in [9.17, 15) is 4.79 Å². The Kier molecular flexibility index (Phi) is 5.63. The zero-order valence-electron chi connectivity index (χ0n) is 12.5. The smallest absolute Gasteiger partial charge is 0.233 e. The van der Waals surface area contributed by atoms with Gasteiger partial charge in [0.05, 0.1) is 19.0 Å². The van der Waals surface area contributed by atoms with Gasteiger partial charge in [-0.3, -0.25) is 9.69 Å². The van der Waals surface area contributed by atoms with Crippen molar-refractivity contribution in [3.8, 4) is 0 Å². The number of carbonyl (C=O) groups is 1. The fraction of sp³-hybridized carbons (Fsp3) is 0.562. The number of rotatable bonds is 5. The topological polar surface area (TPSA) is 32.8 Å².